The SMILES string of the molecule is CSCCOC[C@H]1O[C@@H](n2cc(C)c(=O)[nH]c2=O)[C@H](OCCSC)[C@@H]1OP(OCCC#N)N(C(C)C)C(C)C. The molecule has 0 amide bonds. The predicted octanol–water partition coefficient (Wildman–Crippen LogP) is 3.53. The fourth-order valence-corrected chi connectivity index (χ4v) is 6.47. The van der Waals surface area contributed by atoms with E-state index in [1.54, 1.807) is 30.4 Å². The van der Waals surface area contributed by atoms with Crippen LogP contribution < -0.4 is 11.2 Å². The van der Waals surface area contributed by atoms with Crippen LogP contribution in [0.5, 0.6) is 0 Å². The number of aryl methyl sites for hydroxylation is 1. The van der Waals surface area contributed by atoms with Crippen molar-refractivity contribution in [2.45, 2.75) is 77.7 Å². The third kappa shape index (κ3) is 10.1. The highest BCUT2D eigenvalue weighted by Gasteiger charge is 2.50. The van der Waals surface area contributed by atoms with E-state index in [1.165, 1.54) is 10.8 Å². The molecule has 0 radical (unpaired) electrons. The lowest BCUT2D eigenvalue weighted by Crippen LogP contribution is -2.43. The summed E-state index contributed by atoms with van der Waals surface area (Å²) in [5.41, 5.74) is -0.654. The minimum absolute atomic E-state index is 0.105. The van der Waals surface area contributed by atoms with Crippen LogP contribution in [0, 0.1) is 18.3 Å². The number of nitrogens with one attached hydrogen (secondary N) is 1. The first-order chi connectivity index (χ1) is 18.7. The van der Waals surface area contributed by atoms with Crippen LogP contribution in [0.1, 0.15) is 45.9 Å². The Morgan fingerprint density at radius 2 is 1.79 bits per heavy atom. The molecule has 2 rings (SSSR count). The average Bonchev–Trinajstić information content (AvgIpc) is 3.20. The Balaban J connectivity index is 2.51. The summed E-state index contributed by atoms with van der Waals surface area (Å²) in [7, 11) is -1.61. The zero-order valence-corrected chi connectivity index (χ0v) is 26.5. The number of H-pyrrole nitrogens is 1. The molecule has 1 fully saturated rings. The summed E-state index contributed by atoms with van der Waals surface area (Å²) in [6.45, 7) is 11.3. The van der Waals surface area contributed by atoms with Crippen LogP contribution in [-0.4, -0.2) is 95.1 Å². The normalized spacial score (nSPS) is 22.2. The molecular formula is C25H43N4O7PS2. The molecule has 14 heteroatoms. The van der Waals surface area contributed by atoms with Gasteiger partial charge in [0.15, 0.2) is 6.23 Å². The van der Waals surface area contributed by atoms with Gasteiger partial charge >= 0.3 is 5.69 Å². The van der Waals surface area contributed by atoms with Crippen molar-refractivity contribution in [2.24, 2.45) is 0 Å². The summed E-state index contributed by atoms with van der Waals surface area (Å²) in [4.78, 5) is 27.3. The van der Waals surface area contributed by atoms with Crippen LogP contribution in [0.25, 0.3) is 0 Å². The van der Waals surface area contributed by atoms with E-state index in [0.717, 1.165) is 11.5 Å². The highest BCUT2D eigenvalue weighted by molar-refractivity contribution is 7.98. The molecule has 11 nitrogen and oxygen atoms in total. The second-order valence-electron chi connectivity index (χ2n) is 9.56. The quantitative estimate of drug-likeness (QED) is 0.195. The number of aromatic amines is 1. The van der Waals surface area contributed by atoms with Crippen LogP contribution in [0.2, 0.25) is 0 Å². The van der Waals surface area contributed by atoms with Gasteiger partial charge < -0.3 is 23.3 Å². The van der Waals surface area contributed by atoms with Crippen LogP contribution >= 0.6 is 32.0 Å². The molecule has 1 aromatic rings. The Labute approximate surface area is 241 Å². The van der Waals surface area contributed by atoms with Gasteiger partial charge in [0.05, 0.1) is 38.9 Å². The Morgan fingerprint density at radius 3 is 2.41 bits per heavy atom. The van der Waals surface area contributed by atoms with Crippen molar-refractivity contribution in [1.29, 1.82) is 5.26 Å². The largest absolute Gasteiger partial charge is 0.378 e. The Kier molecular flexibility index (Phi) is 15.6. The van der Waals surface area contributed by atoms with Crippen molar-refractivity contribution in [3.8, 4) is 6.07 Å². The molecule has 5 atom stereocenters. The first-order valence-electron chi connectivity index (χ1n) is 13.1. The molecule has 1 aliphatic rings. The van der Waals surface area contributed by atoms with E-state index in [2.05, 4.69) is 43.4 Å². The molecule has 0 spiro atoms. The monoisotopic (exact) mass is 606 g/mol. The van der Waals surface area contributed by atoms with E-state index in [4.69, 9.17) is 28.5 Å². The first-order valence-corrected chi connectivity index (χ1v) is 17.0. The Bertz CT molecular complexity index is 1010. The molecule has 1 aliphatic heterocycles. The van der Waals surface area contributed by atoms with Crippen molar-refractivity contribution in [3.05, 3.63) is 32.6 Å². The number of ether oxygens (including phenoxy) is 3. The van der Waals surface area contributed by atoms with Crippen LogP contribution in [0.15, 0.2) is 15.8 Å². The first kappa shape index (κ1) is 34.3. The van der Waals surface area contributed by atoms with Crippen molar-refractivity contribution in [3.63, 3.8) is 0 Å². The van der Waals surface area contributed by atoms with Crippen molar-refractivity contribution in [2.75, 3.05) is 50.4 Å². The molecule has 1 aromatic heterocycles. The van der Waals surface area contributed by atoms with E-state index < -0.39 is 44.3 Å². The summed E-state index contributed by atoms with van der Waals surface area (Å²) in [5, 5.41) is 9.10. The summed E-state index contributed by atoms with van der Waals surface area (Å²) in [5.74, 6) is 1.56. The average molecular weight is 607 g/mol. The topological polar surface area (TPSA) is 128 Å². The fourth-order valence-electron chi connectivity index (χ4n) is 4.15. The Morgan fingerprint density at radius 1 is 1.13 bits per heavy atom. The molecule has 0 bridgehead atoms. The van der Waals surface area contributed by atoms with Gasteiger partial charge in [-0.3, -0.25) is 14.3 Å². The summed E-state index contributed by atoms with van der Waals surface area (Å²) < 4.78 is 35.1. The summed E-state index contributed by atoms with van der Waals surface area (Å²) in [6.07, 6.45) is 2.98. The molecular weight excluding hydrogens is 563 g/mol. The van der Waals surface area contributed by atoms with Gasteiger partial charge in [-0.2, -0.15) is 28.8 Å². The third-order valence-corrected chi connectivity index (χ3v) is 9.17. The number of nitriles is 1. The van der Waals surface area contributed by atoms with Gasteiger partial charge in [0, 0.05) is 35.3 Å². The van der Waals surface area contributed by atoms with Gasteiger partial charge in [0.2, 0.25) is 0 Å². The fraction of sp³-hybridized carbons (Fsp3) is 0.800. The summed E-state index contributed by atoms with van der Waals surface area (Å²) >= 11 is 3.32. The van der Waals surface area contributed by atoms with E-state index in [-0.39, 0.29) is 31.7 Å². The van der Waals surface area contributed by atoms with E-state index in [0.29, 0.717) is 18.8 Å². The molecule has 2 heterocycles. The van der Waals surface area contributed by atoms with Gasteiger partial charge in [0.25, 0.3) is 14.1 Å². The molecule has 222 valence electrons. The molecule has 0 saturated carbocycles. The summed E-state index contributed by atoms with van der Waals surface area (Å²) in [6, 6.07) is 2.33. The maximum Gasteiger partial charge on any atom is 0.330 e. The molecule has 1 N–H and O–H groups in total. The zero-order valence-electron chi connectivity index (χ0n) is 24.0. The number of nitrogens with zero attached hydrogens (tertiary/aromatic N) is 3. The van der Waals surface area contributed by atoms with E-state index >= 15 is 0 Å². The smallest absolute Gasteiger partial charge is 0.330 e. The van der Waals surface area contributed by atoms with Crippen LogP contribution in [0.4, 0.5) is 0 Å². The van der Waals surface area contributed by atoms with Crippen molar-refractivity contribution >= 4 is 32.0 Å². The molecule has 1 saturated heterocycles. The number of hydrogen-bond acceptors (Lipinski definition) is 11. The van der Waals surface area contributed by atoms with Gasteiger partial charge in [-0.25, -0.2) is 9.46 Å². The highest BCUT2D eigenvalue weighted by atomic mass is 32.2. The van der Waals surface area contributed by atoms with E-state index in [9.17, 15) is 9.59 Å². The predicted molar refractivity (Wildman–Crippen MR) is 157 cm³/mol. The second kappa shape index (κ2) is 17.8. The minimum Gasteiger partial charge on any atom is -0.378 e. The number of thioether (sulfide) groups is 2. The Hall–Kier alpha value is -0.940. The van der Waals surface area contributed by atoms with E-state index in [1.807, 2.05) is 12.5 Å². The lowest BCUT2D eigenvalue weighted by atomic mass is 10.1. The van der Waals surface area contributed by atoms with Gasteiger partial charge in [-0.05, 0) is 47.1 Å². The lowest BCUT2D eigenvalue weighted by Gasteiger charge is -2.38. The van der Waals surface area contributed by atoms with Crippen molar-refractivity contribution < 1.29 is 23.3 Å². The van der Waals surface area contributed by atoms with Gasteiger partial charge in [-0.1, -0.05) is 0 Å². The molecule has 0 aromatic carbocycles. The number of aromatic nitrogens is 2. The molecule has 1 unspecified atom stereocenters. The van der Waals surface area contributed by atoms with Crippen LogP contribution in [-0.2, 0) is 23.3 Å². The van der Waals surface area contributed by atoms with Crippen LogP contribution in [0.3, 0.4) is 0 Å². The van der Waals surface area contributed by atoms with Gasteiger partial charge in [0.1, 0.15) is 18.3 Å². The van der Waals surface area contributed by atoms with Gasteiger partial charge in [-0.15, -0.1) is 0 Å². The third-order valence-electron chi connectivity index (χ3n) is 5.89. The highest BCUT2D eigenvalue weighted by Crippen LogP contribution is 2.50. The maximum absolute atomic E-state index is 12.9. The second-order valence-corrected chi connectivity index (χ2v) is 12.9. The minimum atomic E-state index is -1.61. The molecule has 0 aliphatic carbocycles. The number of hydrogen-bond donors (Lipinski definition) is 1. The van der Waals surface area contributed by atoms with Crippen molar-refractivity contribution in [1.82, 2.24) is 14.2 Å². The lowest BCUT2D eigenvalue weighted by molar-refractivity contribution is -0.0763. The maximum atomic E-state index is 12.9. The standard InChI is InChI=1S/C25H43N4O7PS2/c1-17(2)29(18(3)4)37(34-10-8-9-26)36-21-20(16-32-11-13-38-6)35-24(22(21)33-12-14-39-7)28-15-19(5)23(30)27-25(28)31/h15,17-18,20-22,24H,8,10-14,16H2,1-7H3,(H,27,30,31)/t20-,21-,22-,24-,37?/m1/s1. The molecule has 39 heavy (non-hydrogen) atoms. The number of rotatable bonds is 18. The zero-order chi connectivity index (χ0) is 28.9.